The fourth-order valence-electron chi connectivity index (χ4n) is 4.55. The van der Waals surface area contributed by atoms with Gasteiger partial charge in [-0.25, -0.2) is 4.79 Å². The fourth-order valence-corrected chi connectivity index (χ4v) is 4.55. The summed E-state index contributed by atoms with van der Waals surface area (Å²) in [4.78, 5) is 26.7. The number of nitrogens with one attached hydrogen (secondary N) is 2. The Morgan fingerprint density at radius 2 is 1.32 bits per heavy atom. The number of anilines is 2. The van der Waals surface area contributed by atoms with Crippen molar-refractivity contribution in [1.82, 2.24) is 14.7 Å². The first-order valence-corrected chi connectivity index (χ1v) is 13.3. The zero-order chi connectivity index (χ0) is 28.8. The minimum Gasteiger partial charge on any atom is -0.444 e. The molecule has 0 fully saturated rings. The molecule has 0 atom stereocenters. The first kappa shape index (κ1) is 28.4. The Morgan fingerprint density at radius 3 is 1.77 bits per heavy atom. The maximum Gasteiger partial charge on any atom is 0.410 e. The van der Waals surface area contributed by atoms with Crippen LogP contribution in [0.1, 0.15) is 43.9 Å². The number of carbonyl (C=O) groups excluding carboxylic acids is 2. The third kappa shape index (κ3) is 6.51. The number of amides is 2. The van der Waals surface area contributed by atoms with E-state index in [1.165, 1.54) is 4.90 Å². The predicted molar refractivity (Wildman–Crippen MR) is 158 cm³/mol. The summed E-state index contributed by atoms with van der Waals surface area (Å²) in [5.41, 5.74) is 2.25. The van der Waals surface area contributed by atoms with Crippen LogP contribution in [0.15, 0.2) is 97.2 Å². The lowest BCUT2D eigenvalue weighted by Crippen LogP contribution is -2.39. The lowest BCUT2D eigenvalue weighted by atomic mass is 9.77. The molecular weight excluding hydrogens is 502 g/mol. The molecule has 208 valence electrons. The molecule has 0 aliphatic carbocycles. The van der Waals surface area contributed by atoms with Crippen LogP contribution in [0, 0.1) is 0 Å². The molecule has 0 saturated heterocycles. The maximum absolute atomic E-state index is 13.0. The zero-order valence-electron chi connectivity index (χ0n) is 23.7. The maximum atomic E-state index is 13.0. The number of benzene rings is 3. The van der Waals surface area contributed by atoms with Crippen molar-refractivity contribution < 1.29 is 14.3 Å². The van der Waals surface area contributed by atoms with Gasteiger partial charge in [-0.3, -0.25) is 9.48 Å². The molecule has 0 spiro atoms. The summed E-state index contributed by atoms with van der Waals surface area (Å²) in [6.07, 6.45) is 1.26. The van der Waals surface area contributed by atoms with Gasteiger partial charge < -0.3 is 20.3 Å². The SMILES string of the molecule is CN(CCC(=O)Nc1cnn(C)c1NC(c1ccccc1)(c1ccccc1)c1ccccc1)C(=O)OC(C)(C)C. The average molecular weight is 540 g/mol. The molecule has 40 heavy (non-hydrogen) atoms. The molecular formula is C32H37N5O3. The van der Waals surface area contributed by atoms with Crippen LogP contribution < -0.4 is 10.6 Å². The standard InChI is InChI=1S/C32H37N5O3/c1-31(2,3)40-30(39)36(4)22-21-28(38)34-27-23-33-37(5)29(27)35-32(24-15-9-6-10-16-24,25-17-11-7-12-18-25)26-19-13-8-14-20-26/h6-20,23,35H,21-22H2,1-5H3,(H,34,38). The lowest BCUT2D eigenvalue weighted by Gasteiger charge is -2.38. The number of aryl methyl sites for hydroxylation is 1. The van der Waals surface area contributed by atoms with Crippen LogP contribution in [-0.4, -0.2) is 45.9 Å². The summed E-state index contributed by atoms with van der Waals surface area (Å²) in [5, 5.41) is 11.2. The number of hydrogen-bond donors (Lipinski definition) is 2. The van der Waals surface area contributed by atoms with Crippen LogP contribution in [0.2, 0.25) is 0 Å². The minimum absolute atomic E-state index is 0.102. The van der Waals surface area contributed by atoms with E-state index in [-0.39, 0.29) is 18.9 Å². The lowest BCUT2D eigenvalue weighted by molar-refractivity contribution is -0.116. The second-order valence-electron chi connectivity index (χ2n) is 10.7. The molecule has 4 aromatic rings. The van der Waals surface area contributed by atoms with Crippen molar-refractivity contribution in [1.29, 1.82) is 0 Å². The van der Waals surface area contributed by atoms with Gasteiger partial charge in [0.2, 0.25) is 5.91 Å². The Hall–Kier alpha value is -4.59. The highest BCUT2D eigenvalue weighted by molar-refractivity contribution is 5.94. The van der Waals surface area contributed by atoms with Gasteiger partial charge in [0, 0.05) is 27.1 Å². The molecule has 0 unspecified atom stereocenters. The number of hydrogen-bond acceptors (Lipinski definition) is 5. The normalized spacial score (nSPS) is 11.5. The van der Waals surface area contributed by atoms with E-state index in [1.807, 2.05) is 82.4 Å². The van der Waals surface area contributed by atoms with Crippen molar-refractivity contribution >= 4 is 23.5 Å². The largest absolute Gasteiger partial charge is 0.444 e. The van der Waals surface area contributed by atoms with Crippen molar-refractivity contribution in [2.75, 3.05) is 24.2 Å². The second-order valence-corrected chi connectivity index (χ2v) is 10.7. The minimum atomic E-state index is -0.784. The number of ether oxygens (including phenoxy) is 1. The van der Waals surface area contributed by atoms with Gasteiger partial charge >= 0.3 is 6.09 Å². The molecule has 0 aliphatic heterocycles. The van der Waals surface area contributed by atoms with Gasteiger partial charge in [0.05, 0.1) is 6.20 Å². The quantitative estimate of drug-likeness (QED) is 0.254. The number of nitrogens with zero attached hydrogens (tertiary/aromatic N) is 3. The smallest absolute Gasteiger partial charge is 0.410 e. The molecule has 0 bridgehead atoms. The number of carbonyl (C=O) groups is 2. The van der Waals surface area contributed by atoms with E-state index in [0.29, 0.717) is 11.5 Å². The van der Waals surface area contributed by atoms with Gasteiger partial charge in [0.25, 0.3) is 0 Å². The van der Waals surface area contributed by atoms with Crippen LogP contribution in [0.25, 0.3) is 0 Å². The average Bonchev–Trinajstić information content (AvgIpc) is 3.28. The van der Waals surface area contributed by atoms with Gasteiger partial charge in [0.15, 0.2) is 0 Å². The molecule has 4 rings (SSSR count). The summed E-state index contributed by atoms with van der Waals surface area (Å²) < 4.78 is 7.10. The van der Waals surface area contributed by atoms with Crippen LogP contribution in [-0.2, 0) is 22.1 Å². The second kappa shape index (κ2) is 12.1. The Bertz CT molecular complexity index is 1320. The Kier molecular flexibility index (Phi) is 8.58. The van der Waals surface area contributed by atoms with E-state index in [1.54, 1.807) is 17.9 Å². The van der Waals surface area contributed by atoms with Gasteiger partial charge in [-0.05, 0) is 37.5 Å². The first-order valence-electron chi connectivity index (χ1n) is 13.3. The van der Waals surface area contributed by atoms with E-state index < -0.39 is 17.2 Å². The van der Waals surface area contributed by atoms with Crippen molar-refractivity contribution in [3.05, 3.63) is 114 Å². The van der Waals surface area contributed by atoms with E-state index in [0.717, 1.165) is 16.7 Å². The summed E-state index contributed by atoms with van der Waals surface area (Å²) in [6.45, 7) is 5.64. The van der Waals surface area contributed by atoms with Crippen molar-refractivity contribution in [2.24, 2.45) is 7.05 Å². The van der Waals surface area contributed by atoms with Crippen molar-refractivity contribution in [3.63, 3.8) is 0 Å². The van der Waals surface area contributed by atoms with E-state index >= 15 is 0 Å². The van der Waals surface area contributed by atoms with Crippen molar-refractivity contribution in [3.8, 4) is 0 Å². The molecule has 3 aromatic carbocycles. The van der Waals surface area contributed by atoms with E-state index in [2.05, 4.69) is 52.1 Å². The molecule has 1 heterocycles. The molecule has 0 radical (unpaired) electrons. The van der Waals surface area contributed by atoms with Crippen LogP contribution in [0.4, 0.5) is 16.3 Å². The summed E-state index contributed by atoms with van der Waals surface area (Å²) >= 11 is 0. The van der Waals surface area contributed by atoms with Gasteiger partial charge in [-0.1, -0.05) is 91.0 Å². The molecule has 0 aliphatic rings. The highest BCUT2D eigenvalue weighted by atomic mass is 16.6. The topological polar surface area (TPSA) is 88.5 Å². The zero-order valence-corrected chi connectivity index (χ0v) is 23.7. The highest BCUT2D eigenvalue weighted by Gasteiger charge is 2.38. The molecule has 2 N–H and O–H groups in total. The van der Waals surface area contributed by atoms with E-state index in [4.69, 9.17) is 4.74 Å². The van der Waals surface area contributed by atoms with Crippen molar-refractivity contribution in [2.45, 2.75) is 38.3 Å². The van der Waals surface area contributed by atoms with E-state index in [9.17, 15) is 9.59 Å². The third-order valence-electron chi connectivity index (χ3n) is 6.52. The Balaban J connectivity index is 1.65. The molecule has 8 heteroatoms. The van der Waals surface area contributed by atoms with Crippen LogP contribution >= 0.6 is 0 Å². The molecule has 1 aromatic heterocycles. The predicted octanol–water partition coefficient (Wildman–Crippen LogP) is 6.02. The Morgan fingerprint density at radius 1 is 0.850 bits per heavy atom. The van der Waals surface area contributed by atoms with Crippen LogP contribution in [0.3, 0.4) is 0 Å². The number of rotatable bonds is 9. The fraction of sp³-hybridized carbons (Fsp3) is 0.281. The molecule has 2 amide bonds. The summed E-state index contributed by atoms with van der Waals surface area (Å²) in [6, 6.07) is 30.6. The number of aromatic nitrogens is 2. The monoisotopic (exact) mass is 539 g/mol. The highest BCUT2D eigenvalue weighted by Crippen LogP contribution is 2.41. The first-order chi connectivity index (χ1) is 19.1. The summed E-state index contributed by atoms with van der Waals surface area (Å²) in [5.74, 6) is 0.404. The third-order valence-corrected chi connectivity index (χ3v) is 6.52. The van der Waals surface area contributed by atoms with Gasteiger partial charge in [-0.15, -0.1) is 0 Å². The van der Waals surface area contributed by atoms with Gasteiger partial charge in [0.1, 0.15) is 22.6 Å². The summed E-state index contributed by atoms with van der Waals surface area (Å²) in [7, 11) is 3.45. The van der Waals surface area contributed by atoms with Crippen LogP contribution in [0.5, 0.6) is 0 Å². The Labute approximate surface area is 236 Å². The molecule has 0 saturated carbocycles. The molecule has 8 nitrogen and oxygen atoms in total. The van der Waals surface area contributed by atoms with Gasteiger partial charge in [-0.2, -0.15) is 5.10 Å².